The van der Waals surface area contributed by atoms with Crippen LogP contribution < -0.4 is 0 Å². The summed E-state index contributed by atoms with van der Waals surface area (Å²) < 4.78 is 20.5. The van der Waals surface area contributed by atoms with Gasteiger partial charge in [-0.2, -0.15) is 0 Å². The molecule has 0 aromatic heterocycles. The third-order valence-electron chi connectivity index (χ3n) is 3.68. The largest absolute Gasteiger partial charge is 2.00 e. The molecule has 15 nitrogen and oxygen atoms in total. The maximum Gasteiger partial charge on any atom is 0.305 e. The second-order valence-corrected chi connectivity index (χ2v) is 6.79. The van der Waals surface area contributed by atoms with Crippen molar-refractivity contribution >= 4 is 23.9 Å². The molecule has 16 heteroatoms. The van der Waals surface area contributed by atoms with Crippen molar-refractivity contribution in [3.05, 3.63) is 0 Å². The molecule has 0 bridgehead atoms. The zero-order chi connectivity index (χ0) is 25.2. The van der Waals surface area contributed by atoms with Crippen LogP contribution in [-0.2, 0) is 64.7 Å². The summed E-state index contributed by atoms with van der Waals surface area (Å²) in [6.45, 7) is 3.45. The van der Waals surface area contributed by atoms with Gasteiger partial charge in [0.05, 0.1) is 26.1 Å². The number of carbonyl (C=O) groups is 4. The van der Waals surface area contributed by atoms with Crippen molar-refractivity contribution in [2.75, 3.05) is 52.9 Å². The standard InChI is InChI=1S/C12H22O6.C9H16O6.2H2O.O.W/c13-11(14)5-1-2-7-17-9-4-10-18-8-3-6-12(15)16;10-8(11)2-6-14-4-1-5-15-7-3-9(12)13;;;;/h1-10H2,(H,13,14)(H,15,16);1-7H2,(H,10,11)(H,12,13);2*1H2;;/q;;;;-2;/p-1. The van der Waals surface area contributed by atoms with Gasteiger partial charge in [-0.3, -0.25) is 19.2 Å². The molecule has 0 radical (unpaired) electrons. The van der Waals surface area contributed by atoms with E-state index >= 15 is 0 Å². The minimum atomic E-state index is -0.882. The number of hydrogen-bond acceptors (Lipinski definition) is 9. The third kappa shape index (κ3) is 55.9. The number of rotatable bonds is 23. The summed E-state index contributed by atoms with van der Waals surface area (Å²) in [5.74, 6) is -3.34. The molecule has 0 fully saturated rings. The number of unbranched alkanes of at least 4 members (excludes halogenated alkanes) is 1. The van der Waals surface area contributed by atoms with E-state index in [0.717, 1.165) is 12.8 Å². The molecule has 0 heterocycles. The van der Waals surface area contributed by atoms with Gasteiger partial charge in [-0.15, -0.1) is 0 Å². The van der Waals surface area contributed by atoms with Gasteiger partial charge in [0.25, 0.3) is 0 Å². The fourth-order valence-corrected chi connectivity index (χ4v) is 2.06. The first-order valence-corrected chi connectivity index (χ1v) is 10.9. The van der Waals surface area contributed by atoms with Crippen molar-refractivity contribution in [2.24, 2.45) is 0 Å². The molecule has 0 spiro atoms. The van der Waals surface area contributed by atoms with Gasteiger partial charge in [-0.25, -0.2) is 0 Å². The van der Waals surface area contributed by atoms with E-state index in [0.29, 0.717) is 58.9 Å². The van der Waals surface area contributed by atoms with E-state index < -0.39 is 23.9 Å². The Morgan fingerprint density at radius 2 is 0.703 bits per heavy atom. The van der Waals surface area contributed by atoms with Gasteiger partial charge < -0.3 is 55.8 Å². The molecule has 37 heavy (non-hydrogen) atoms. The van der Waals surface area contributed by atoms with E-state index in [2.05, 4.69) is 0 Å². The number of hydrogen-bond donors (Lipinski definition) is 4. The summed E-state index contributed by atoms with van der Waals surface area (Å²) in [5.41, 5.74) is 0. The topological polar surface area (TPSA) is 276 Å². The van der Waals surface area contributed by atoms with E-state index in [4.69, 9.17) is 39.4 Å². The molecule has 0 aromatic carbocycles. The average molecular weight is 717 g/mol. The first kappa shape index (κ1) is 48.4. The average Bonchev–Trinajstić information content (AvgIpc) is 2.73. The van der Waals surface area contributed by atoms with Crippen molar-refractivity contribution in [3.63, 3.8) is 0 Å². The Morgan fingerprint density at radius 1 is 0.432 bits per heavy atom. The van der Waals surface area contributed by atoms with Crippen molar-refractivity contribution in [1.29, 1.82) is 0 Å². The number of carboxylic acids is 4. The Morgan fingerprint density at radius 3 is 1.05 bits per heavy atom. The van der Waals surface area contributed by atoms with E-state index in [1.807, 2.05) is 0 Å². The Hall–Kier alpha value is -1.71. The first-order valence-electron chi connectivity index (χ1n) is 10.9. The molecule has 0 rings (SSSR count). The molecule has 7 N–H and O–H groups in total. The van der Waals surface area contributed by atoms with Gasteiger partial charge in [-0.1, -0.05) is 0 Å². The monoisotopic (exact) mass is 717 g/mol. The molecule has 0 aliphatic heterocycles. The maximum absolute atomic E-state index is 10.2. The molecule has 0 aliphatic rings. The van der Waals surface area contributed by atoms with Gasteiger partial charge in [-0.05, 0) is 32.1 Å². The fraction of sp³-hybridized carbons (Fsp3) is 0.810. The van der Waals surface area contributed by atoms with Crippen molar-refractivity contribution in [2.45, 2.75) is 57.8 Å². The first-order chi connectivity index (χ1) is 15.8. The molecule has 0 saturated heterocycles. The predicted octanol–water partition coefficient (Wildman–Crippen LogP) is 0.766. The molecular formula is C21H41O15W-3. The van der Waals surface area contributed by atoms with Gasteiger partial charge >= 0.3 is 23.9 Å². The van der Waals surface area contributed by atoms with E-state index in [-0.39, 0.29) is 76.4 Å². The van der Waals surface area contributed by atoms with Crippen LogP contribution in [0.5, 0.6) is 0 Å². The maximum atomic E-state index is 10.2. The minimum absolute atomic E-state index is 0. The predicted molar refractivity (Wildman–Crippen MR) is 122 cm³/mol. The smallest absolute Gasteiger partial charge is 0.305 e. The molecule has 224 valence electrons. The van der Waals surface area contributed by atoms with Crippen LogP contribution in [0.25, 0.3) is 0 Å². The summed E-state index contributed by atoms with van der Waals surface area (Å²) in [4.78, 5) is 40.6. The molecule has 0 aliphatic carbocycles. The van der Waals surface area contributed by atoms with Crippen molar-refractivity contribution < 1.29 is 96.0 Å². The fourth-order valence-electron chi connectivity index (χ4n) is 2.06. The van der Waals surface area contributed by atoms with Gasteiger partial charge in [0.1, 0.15) is 0 Å². The van der Waals surface area contributed by atoms with E-state index in [1.165, 1.54) is 0 Å². The second kappa shape index (κ2) is 38.8. The number of carboxylic acid groups (broad SMARTS) is 4. The third-order valence-corrected chi connectivity index (χ3v) is 3.68. The zero-order valence-electron chi connectivity index (χ0n) is 20.8. The number of aliphatic carboxylic acids is 4. The Bertz CT molecular complexity index is 476. The Labute approximate surface area is 230 Å². The van der Waals surface area contributed by atoms with Crippen LogP contribution in [0.4, 0.5) is 0 Å². The summed E-state index contributed by atoms with van der Waals surface area (Å²) in [7, 11) is 0. The van der Waals surface area contributed by atoms with Crippen LogP contribution in [0.15, 0.2) is 0 Å². The van der Waals surface area contributed by atoms with Crippen LogP contribution in [0, 0.1) is 0 Å². The van der Waals surface area contributed by atoms with Crippen molar-refractivity contribution in [1.82, 2.24) is 0 Å². The molecular weight excluding hydrogens is 676 g/mol. The Balaban J connectivity index is -0.000000119. The summed E-state index contributed by atoms with van der Waals surface area (Å²) in [6.07, 6.45) is 3.67. The zero-order valence-corrected chi connectivity index (χ0v) is 23.8. The normalized spacial score (nSPS) is 9.19. The van der Waals surface area contributed by atoms with Gasteiger partial charge in [0, 0.05) is 73.5 Å². The van der Waals surface area contributed by atoms with Crippen LogP contribution in [0.1, 0.15) is 57.8 Å². The molecule has 0 amide bonds. The summed E-state index contributed by atoms with van der Waals surface area (Å²) >= 11 is 0. The molecule has 0 aromatic rings. The summed E-state index contributed by atoms with van der Waals surface area (Å²) in [6, 6.07) is 0. The minimum Gasteiger partial charge on any atom is -2.00 e. The van der Waals surface area contributed by atoms with Crippen molar-refractivity contribution in [3.8, 4) is 0 Å². The molecule has 0 saturated carbocycles. The van der Waals surface area contributed by atoms with Gasteiger partial charge in [0.2, 0.25) is 0 Å². The Kier molecular flexibility index (Phi) is 50.7. The van der Waals surface area contributed by atoms with Gasteiger partial charge in [0.15, 0.2) is 0 Å². The second-order valence-electron chi connectivity index (χ2n) is 6.79. The van der Waals surface area contributed by atoms with Crippen LogP contribution >= 0.6 is 0 Å². The van der Waals surface area contributed by atoms with Crippen LogP contribution in [-0.4, -0.2) is 108 Å². The molecule has 0 atom stereocenters. The van der Waals surface area contributed by atoms with E-state index in [9.17, 15) is 19.2 Å². The van der Waals surface area contributed by atoms with Crippen LogP contribution in [0.3, 0.4) is 0 Å². The number of ether oxygens (including phenoxy) is 4. The SMILES string of the molecule is O.O=C(O)CCCCOCCCOCCCC(=O)O.O=C(O)CCOCCCOCCC(=O)O.[O-2].[OH-].[W]. The molecule has 0 unspecified atom stereocenters. The van der Waals surface area contributed by atoms with E-state index in [1.54, 1.807) is 0 Å². The summed E-state index contributed by atoms with van der Waals surface area (Å²) in [5, 5.41) is 33.3. The quantitative estimate of drug-likeness (QED) is 0.106. The van der Waals surface area contributed by atoms with Crippen LogP contribution in [0.2, 0.25) is 0 Å².